The second-order valence-corrected chi connectivity index (χ2v) is 7.67. The number of carbonyl (C=O) groups is 2. The number of carboxylic acids is 1. The number of fused-ring (bicyclic) bond motifs is 1. The molecule has 3 aromatic rings. The Morgan fingerprint density at radius 2 is 1.82 bits per heavy atom. The fraction of sp³-hybridized carbons (Fsp3) is 0.304. The molecular weight excluding hydrogens is 352 g/mol. The molecular formula is C23H24N2O3. The van der Waals surface area contributed by atoms with Crippen LogP contribution in [-0.4, -0.2) is 40.0 Å². The van der Waals surface area contributed by atoms with Crippen LogP contribution < -0.4 is 0 Å². The maximum absolute atomic E-state index is 12.9. The molecule has 0 unspecified atom stereocenters. The van der Waals surface area contributed by atoms with E-state index in [0.717, 1.165) is 22.0 Å². The smallest absolute Gasteiger partial charge is 0.314 e. The zero-order chi connectivity index (χ0) is 19.7. The van der Waals surface area contributed by atoms with Crippen LogP contribution in [0, 0.1) is 6.92 Å². The Kier molecular flexibility index (Phi) is 4.67. The Morgan fingerprint density at radius 3 is 2.50 bits per heavy atom. The number of aromatic amines is 1. The molecule has 2 aromatic carbocycles. The molecule has 0 atom stereocenters. The van der Waals surface area contributed by atoms with E-state index in [9.17, 15) is 14.7 Å². The fourth-order valence-corrected chi connectivity index (χ4v) is 4.24. The Balaban J connectivity index is 1.48. The number of likely N-dealkylation sites (tertiary alicyclic amines) is 1. The third kappa shape index (κ3) is 3.17. The fourth-order valence-electron chi connectivity index (χ4n) is 4.24. The highest BCUT2D eigenvalue weighted by Crippen LogP contribution is 2.36. The van der Waals surface area contributed by atoms with Crippen molar-refractivity contribution in [1.29, 1.82) is 0 Å². The van der Waals surface area contributed by atoms with Crippen LogP contribution in [-0.2, 0) is 21.4 Å². The van der Waals surface area contributed by atoms with Crippen molar-refractivity contribution in [2.75, 3.05) is 13.1 Å². The monoisotopic (exact) mass is 376 g/mol. The summed E-state index contributed by atoms with van der Waals surface area (Å²) in [4.78, 5) is 30.0. The van der Waals surface area contributed by atoms with Crippen LogP contribution in [0.25, 0.3) is 10.9 Å². The van der Waals surface area contributed by atoms with E-state index in [1.807, 2.05) is 55.6 Å². The van der Waals surface area contributed by atoms with Crippen LogP contribution in [0.4, 0.5) is 0 Å². The summed E-state index contributed by atoms with van der Waals surface area (Å²) in [5, 5.41) is 11.0. The lowest BCUT2D eigenvalue weighted by atomic mass is 9.73. The van der Waals surface area contributed by atoms with Crippen LogP contribution in [0.5, 0.6) is 0 Å². The summed E-state index contributed by atoms with van der Waals surface area (Å²) in [6.45, 7) is 2.96. The number of carbonyl (C=O) groups excluding carboxylic acids is 1. The molecule has 2 heterocycles. The second-order valence-electron chi connectivity index (χ2n) is 7.67. The molecule has 5 heteroatoms. The summed E-state index contributed by atoms with van der Waals surface area (Å²) >= 11 is 0. The molecule has 0 aliphatic carbocycles. The molecule has 1 fully saturated rings. The summed E-state index contributed by atoms with van der Waals surface area (Å²) in [7, 11) is 0. The largest absolute Gasteiger partial charge is 0.481 e. The van der Waals surface area contributed by atoms with Crippen molar-refractivity contribution in [1.82, 2.24) is 9.88 Å². The number of aryl methyl sites for hydroxylation is 1. The quantitative estimate of drug-likeness (QED) is 0.730. The highest BCUT2D eigenvalue weighted by atomic mass is 16.4. The number of aliphatic carboxylic acids is 1. The third-order valence-corrected chi connectivity index (χ3v) is 5.97. The number of H-pyrrole nitrogens is 1. The number of carboxylic acid groups (broad SMARTS) is 1. The summed E-state index contributed by atoms with van der Waals surface area (Å²) in [5.41, 5.74) is 3.11. The van der Waals surface area contributed by atoms with Gasteiger partial charge in [0.2, 0.25) is 5.91 Å². The number of nitrogens with one attached hydrogen (secondary N) is 1. The number of hydrogen-bond acceptors (Lipinski definition) is 2. The molecule has 1 aliphatic heterocycles. The van der Waals surface area contributed by atoms with Crippen molar-refractivity contribution < 1.29 is 14.7 Å². The Hall–Kier alpha value is -3.08. The van der Waals surface area contributed by atoms with Crippen LogP contribution in [0.15, 0.2) is 54.7 Å². The lowest BCUT2D eigenvalue weighted by Crippen LogP contribution is -2.49. The Labute approximate surface area is 164 Å². The first-order valence-corrected chi connectivity index (χ1v) is 9.63. The first kappa shape index (κ1) is 18.3. The molecule has 0 bridgehead atoms. The summed E-state index contributed by atoms with van der Waals surface area (Å²) in [5.74, 6) is -0.758. The molecule has 0 saturated carbocycles. The van der Waals surface area contributed by atoms with E-state index < -0.39 is 11.4 Å². The molecule has 2 N–H and O–H groups in total. The van der Waals surface area contributed by atoms with Gasteiger partial charge in [0, 0.05) is 30.2 Å². The summed E-state index contributed by atoms with van der Waals surface area (Å²) in [6.07, 6.45) is 3.10. The Bertz CT molecular complexity index is 1010. The Morgan fingerprint density at radius 1 is 1.11 bits per heavy atom. The molecule has 1 amide bonds. The lowest BCUT2D eigenvalue weighted by molar-refractivity contribution is -0.148. The third-order valence-electron chi connectivity index (χ3n) is 5.97. The van der Waals surface area contributed by atoms with Crippen LogP contribution in [0.2, 0.25) is 0 Å². The molecule has 4 rings (SSSR count). The molecule has 1 saturated heterocycles. The zero-order valence-corrected chi connectivity index (χ0v) is 15.9. The molecule has 0 radical (unpaired) electrons. The van der Waals surface area contributed by atoms with E-state index >= 15 is 0 Å². The van der Waals surface area contributed by atoms with Gasteiger partial charge in [0.15, 0.2) is 0 Å². The van der Waals surface area contributed by atoms with Crippen LogP contribution in [0.1, 0.15) is 29.5 Å². The van der Waals surface area contributed by atoms with Crippen molar-refractivity contribution in [2.24, 2.45) is 0 Å². The van der Waals surface area contributed by atoms with Gasteiger partial charge in [0.25, 0.3) is 0 Å². The van der Waals surface area contributed by atoms with E-state index in [0.29, 0.717) is 32.4 Å². The summed E-state index contributed by atoms with van der Waals surface area (Å²) < 4.78 is 0. The van der Waals surface area contributed by atoms with Crippen molar-refractivity contribution in [3.63, 3.8) is 0 Å². The number of benzene rings is 2. The highest BCUT2D eigenvalue weighted by molar-refractivity contribution is 5.89. The SMILES string of the molecule is Cc1ccc2c(CC(=O)N3CCC(C(=O)O)(c4ccccc4)CC3)c[nH]c2c1. The van der Waals surface area contributed by atoms with Gasteiger partial charge in [0.1, 0.15) is 0 Å². The van der Waals surface area contributed by atoms with E-state index in [1.165, 1.54) is 5.56 Å². The van der Waals surface area contributed by atoms with E-state index in [-0.39, 0.29) is 5.91 Å². The molecule has 1 aromatic heterocycles. The molecule has 5 nitrogen and oxygen atoms in total. The van der Waals surface area contributed by atoms with Crippen molar-refractivity contribution in [3.8, 4) is 0 Å². The van der Waals surface area contributed by atoms with E-state index in [2.05, 4.69) is 11.1 Å². The first-order chi connectivity index (χ1) is 13.5. The number of amides is 1. The standard InChI is InChI=1S/C23H24N2O3/c1-16-7-8-19-17(15-24-20(19)13-16)14-21(26)25-11-9-23(10-12-25,22(27)28)18-5-3-2-4-6-18/h2-8,13,15,24H,9-12,14H2,1H3,(H,27,28). The van der Waals surface area contributed by atoms with E-state index in [1.54, 1.807) is 4.90 Å². The number of aromatic nitrogens is 1. The van der Waals surface area contributed by atoms with Crippen LogP contribution in [0.3, 0.4) is 0 Å². The number of piperidine rings is 1. The molecule has 1 aliphatic rings. The predicted octanol–water partition coefficient (Wildman–Crippen LogP) is 3.66. The number of nitrogens with zero attached hydrogens (tertiary/aromatic N) is 1. The average Bonchev–Trinajstić information content (AvgIpc) is 3.10. The zero-order valence-electron chi connectivity index (χ0n) is 15.9. The highest BCUT2D eigenvalue weighted by Gasteiger charge is 2.43. The number of hydrogen-bond donors (Lipinski definition) is 2. The maximum Gasteiger partial charge on any atom is 0.314 e. The van der Waals surface area contributed by atoms with Crippen molar-refractivity contribution >= 4 is 22.8 Å². The molecule has 28 heavy (non-hydrogen) atoms. The second kappa shape index (κ2) is 7.15. The van der Waals surface area contributed by atoms with Crippen LogP contribution >= 0.6 is 0 Å². The van der Waals surface area contributed by atoms with Gasteiger partial charge >= 0.3 is 5.97 Å². The van der Waals surface area contributed by atoms with Gasteiger partial charge in [-0.15, -0.1) is 0 Å². The molecule has 144 valence electrons. The number of rotatable bonds is 4. The lowest BCUT2D eigenvalue weighted by Gasteiger charge is -2.39. The predicted molar refractivity (Wildman–Crippen MR) is 108 cm³/mol. The topological polar surface area (TPSA) is 73.4 Å². The van der Waals surface area contributed by atoms with Crippen molar-refractivity contribution in [3.05, 3.63) is 71.4 Å². The van der Waals surface area contributed by atoms with Crippen molar-refractivity contribution in [2.45, 2.75) is 31.6 Å². The average molecular weight is 376 g/mol. The normalized spacial score (nSPS) is 16.2. The van der Waals surface area contributed by atoms with Gasteiger partial charge in [-0.2, -0.15) is 0 Å². The van der Waals surface area contributed by atoms with Gasteiger partial charge in [-0.1, -0.05) is 42.5 Å². The minimum atomic E-state index is -0.906. The van der Waals surface area contributed by atoms with Gasteiger partial charge in [-0.25, -0.2) is 0 Å². The van der Waals surface area contributed by atoms with Gasteiger partial charge in [-0.3, -0.25) is 9.59 Å². The van der Waals surface area contributed by atoms with Gasteiger partial charge in [-0.05, 0) is 42.5 Å². The summed E-state index contributed by atoms with van der Waals surface area (Å²) in [6, 6.07) is 15.5. The van der Waals surface area contributed by atoms with Gasteiger partial charge in [0.05, 0.1) is 11.8 Å². The first-order valence-electron chi connectivity index (χ1n) is 9.63. The minimum absolute atomic E-state index is 0.0496. The molecule has 0 spiro atoms. The van der Waals surface area contributed by atoms with E-state index in [4.69, 9.17) is 0 Å². The maximum atomic E-state index is 12.9. The van der Waals surface area contributed by atoms with Gasteiger partial charge < -0.3 is 15.0 Å². The minimum Gasteiger partial charge on any atom is -0.481 e.